The Bertz CT molecular complexity index is 990. The number of anilines is 2. The molecule has 1 aliphatic heterocycles. The Balaban J connectivity index is 1.59. The number of nitrogens with two attached hydrogens (primary N) is 1. The van der Waals surface area contributed by atoms with E-state index < -0.39 is 12.2 Å². The average Bonchev–Trinajstić information content (AvgIpc) is 3.09. The molecule has 0 aliphatic carbocycles. The van der Waals surface area contributed by atoms with Crippen molar-refractivity contribution in [2.75, 3.05) is 18.2 Å². The van der Waals surface area contributed by atoms with Gasteiger partial charge in [-0.05, 0) is 18.2 Å². The maximum Gasteiger partial charge on any atom is 0.586 e. The summed E-state index contributed by atoms with van der Waals surface area (Å²) in [5.41, 5.74) is 7.16. The normalized spacial score (nSPS) is 14.4. The monoisotopic (exact) mass is 362 g/mol. The summed E-state index contributed by atoms with van der Waals surface area (Å²) < 4.78 is 40.0. The molecule has 1 aliphatic rings. The van der Waals surface area contributed by atoms with Crippen molar-refractivity contribution < 1.29 is 27.8 Å². The summed E-state index contributed by atoms with van der Waals surface area (Å²) in [5.74, 6) is -0.193. The molecule has 0 saturated heterocycles. The van der Waals surface area contributed by atoms with Crippen molar-refractivity contribution in [3.8, 4) is 17.2 Å². The first-order chi connectivity index (χ1) is 12.3. The number of hydrogen-bond donors (Lipinski definition) is 3. The molecule has 2 aromatic carbocycles. The lowest BCUT2D eigenvalue weighted by Crippen LogP contribution is -2.25. The zero-order chi connectivity index (χ0) is 18.5. The number of aromatic amines is 1. The Hall–Kier alpha value is -3.56. The maximum absolute atomic E-state index is 13.1. The number of benzene rings is 2. The summed E-state index contributed by atoms with van der Waals surface area (Å²) in [6.45, 7) is 0. The number of nitrogen functional groups attached to an aromatic ring is 1. The van der Waals surface area contributed by atoms with Crippen LogP contribution in [0.1, 0.15) is 10.4 Å². The van der Waals surface area contributed by atoms with Gasteiger partial charge < -0.3 is 24.9 Å². The van der Waals surface area contributed by atoms with Crippen molar-refractivity contribution >= 4 is 28.6 Å². The largest absolute Gasteiger partial charge is 0.586 e. The number of amides is 1. The van der Waals surface area contributed by atoms with Gasteiger partial charge in [0.05, 0.1) is 23.8 Å². The summed E-state index contributed by atoms with van der Waals surface area (Å²) in [6.07, 6.45) is -3.70. The van der Waals surface area contributed by atoms with Gasteiger partial charge in [-0.3, -0.25) is 10.1 Å². The van der Waals surface area contributed by atoms with Crippen molar-refractivity contribution in [3.63, 3.8) is 0 Å². The van der Waals surface area contributed by atoms with Gasteiger partial charge in [0, 0.05) is 17.7 Å². The number of alkyl halides is 2. The van der Waals surface area contributed by atoms with Gasteiger partial charge in [0.25, 0.3) is 5.91 Å². The summed E-state index contributed by atoms with van der Waals surface area (Å²) in [7, 11) is 1.44. The number of methoxy groups -OCH3 is 1. The number of nitrogens with one attached hydrogen (secondary N) is 2. The fourth-order valence-corrected chi connectivity index (χ4v) is 2.55. The fraction of sp³-hybridized carbons (Fsp3) is 0.125. The highest BCUT2D eigenvalue weighted by Gasteiger charge is 2.43. The minimum atomic E-state index is -3.70. The van der Waals surface area contributed by atoms with Crippen LogP contribution in [0.5, 0.6) is 17.2 Å². The highest BCUT2D eigenvalue weighted by molar-refractivity contribution is 6.04. The van der Waals surface area contributed by atoms with Gasteiger partial charge in [0.1, 0.15) is 5.75 Å². The van der Waals surface area contributed by atoms with E-state index in [9.17, 15) is 13.6 Å². The molecule has 134 valence electrons. The number of carbonyl (C=O) groups excluding carboxylic acids is 1. The van der Waals surface area contributed by atoms with Crippen LogP contribution in [0.2, 0.25) is 0 Å². The summed E-state index contributed by atoms with van der Waals surface area (Å²) in [6, 6.07) is 7.19. The summed E-state index contributed by atoms with van der Waals surface area (Å²) in [4.78, 5) is 19.3. The van der Waals surface area contributed by atoms with Crippen molar-refractivity contribution in [1.82, 2.24) is 9.97 Å². The van der Waals surface area contributed by atoms with Crippen LogP contribution in [0.3, 0.4) is 0 Å². The van der Waals surface area contributed by atoms with Gasteiger partial charge in [-0.15, -0.1) is 8.78 Å². The molecule has 1 aromatic heterocycles. The van der Waals surface area contributed by atoms with Crippen LogP contribution in [0.15, 0.2) is 30.3 Å². The number of halogens is 2. The highest BCUT2D eigenvalue weighted by atomic mass is 19.3. The predicted octanol–water partition coefficient (Wildman–Crippen LogP) is 2.73. The molecule has 0 saturated carbocycles. The predicted molar refractivity (Wildman–Crippen MR) is 87.7 cm³/mol. The van der Waals surface area contributed by atoms with Crippen molar-refractivity contribution in [2.24, 2.45) is 0 Å². The topological polar surface area (TPSA) is 111 Å². The average molecular weight is 362 g/mol. The Morgan fingerprint density at radius 3 is 2.73 bits per heavy atom. The molecule has 0 bridgehead atoms. The van der Waals surface area contributed by atoms with Gasteiger partial charge in [-0.25, -0.2) is 4.98 Å². The number of H-pyrrole nitrogens is 1. The first kappa shape index (κ1) is 15.9. The Morgan fingerprint density at radius 1 is 1.27 bits per heavy atom. The van der Waals surface area contributed by atoms with E-state index in [2.05, 4.69) is 24.8 Å². The molecule has 4 rings (SSSR count). The van der Waals surface area contributed by atoms with E-state index >= 15 is 0 Å². The van der Waals surface area contributed by atoms with Crippen LogP contribution in [0, 0.1) is 0 Å². The molecule has 4 N–H and O–H groups in total. The number of imidazole rings is 1. The summed E-state index contributed by atoms with van der Waals surface area (Å²) in [5, 5.41) is 2.58. The van der Waals surface area contributed by atoms with Crippen LogP contribution in [-0.2, 0) is 0 Å². The van der Waals surface area contributed by atoms with Crippen molar-refractivity contribution in [2.45, 2.75) is 6.29 Å². The summed E-state index contributed by atoms with van der Waals surface area (Å²) >= 11 is 0. The van der Waals surface area contributed by atoms with Gasteiger partial charge in [-0.1, -0.05) is 0 Å². The van der Waals surface area contributed by atoms with Crippen LogP contribution < -0.4 is 25.3 Å². The van der Waals surface area contributed by atoms with Gasteiger partial charge >= 0.3 is 6.29 Å². The lowest BCUT2D eigenvalue weighted by molar-refractivity contribution is -0.286. The Labute approximate surface area is 144 Å². The zero-order valence-corrected chi connectivity index (χ0v) is 13.3. The van der Waals surface area contributed by atoms with Gasteiger partial charge in [0.15, 0.2) is 11.5 Å². The number of rotatable bonds is 3. The van der Waals surface area contributed by atoms with Crippen molar-refractivity contribution in [3.05, 3.63) is 35.9 Å². The fourth-order valence-electron chi connectivity index (χ4n) is 2.55. The van der Waals surface area contributed by atoms with E-state index in [-0.39, 0.29) is 17.4 Å². The second-order valence-corrected chi connectivity index (χ2v) is 5.48. The standard InChI is InChI=1S/C16H12F2N4O4/c1-24-11-4-7(2-3-8(11)19)14(23)22-15-20-9-5-12-13(6-10(9)21-15)26-16(17,18)25-12/h2-6H,19H2,1H3,(H2,20,21,22,23). The molecule has 8 nitrogen and oxygen atoms in total. The molecular weight excluding hydrogens is 350 g/mol. The van der Waals surface area contributed by atoms with E-state index in [0.717, 1.165) is 0 Å². The Morgan fingerprint density at radius 2 is 2.00 bits per heavy atom. The van der Waals surface area contributed by atoms with E-state index in [1.165, 1.54) is 31.4 Å². The SMILES string of the molecule is COc1cc(C(=O)Nc2nc3cc4c(cc3[nH]2)OC(F)(F)O4)ccc1N. The minimum Gasteiger partial charge on any atom is -0.495 e. The zero-order valence-electron chi connectivity index (χ0n) is 13.3. The number of fused-ring (bicyclic) bond motifs is 2. The van der Waals surface area contributed by atoms with E-state index in [1.54, 1.807) is 6.07 Å². The molecule has 0 radical (unpaired) electrons. The van der Waals surface area contributed by atoms with E-state index in [4.69, 9.17) is 10.5 Å². The smallest absolute Gasteiger partial charge is 0.495 e. The van der Waals surface area contributed by atoms with Crippen molar-refractivity contribution in [1.29, 1.82) is 0 Å². The molecule has 2 heterocycles. The first-order valence-electron chi connectivity index (χ1n) is 7.39. The van der Waals surface area contributed by atoms with Crippen LogP contribution >= 0.6 is 0 Å². The molecule has 0 spiro atoms. The number of aromatic nitrogens is 2. The van der Waals surface area contributed by atoms with E-state index in [0.29, 0.717) is 28.0 Å². The second kappa shape index (κ2) is 5.48. The van der Waals surface area contributed by atoms with Gasteiger partial charge in [0.2, 0.25) is 5.95 Å². The third-order valence-electron chi connectivity index (χ3n) is 3.73. The highest BCUT2D eigenvalue weighted by Crippen LogP contribution is 2.42. The number of nitrogens with zero attached hydrogens (tertiary/aromatic N) is 1. The van der Waals surface area contributed by atoms with Gasteiger partial charge in [-0.2, -0.15) is 0 Å². The minimum absolute atomic E-state index is 0.118. The number of hydrogen-bond acceptors (Lipinski definition) is 6. The third kappa shape index (κ3) is 2.70. The number of ether oxygens (including phenoxy) is 3. The quantitative estimate of drug-likeness (QED) is 0.618. The van der Waals surface area contributed by atoms with E-state index in [1.807, 2.05) is 0 Å². The molecule has 1 amide bonds. The van der Waals surface area contributed by atoms with Crippen LogP contribution in [0.25, 0.3) is 11.0 Å². The molecule has 3 aromatic rings. The number of carbonyl (C=O) groups is 1. The lowest BCUT2D eigenvalue weighted by atomic mass is 10.2. The van der Waals surface area contributed by atoms with Crippen LogP contribution in [0.4, 0.5) is 20.4 Å². The second-order valence-electron chi connectivity index (χ2n) is 5.48. The molecule has 0 fully saturated rings. The molecule has 26 heavy (non-hydrogen) atoms. The molecular formula is C16H12F2N4O4. The first-order valence-corrected chi connectivity index (χ1v) is 7.39. The molecule has 10 heteroatoms. The third-order valence-corrected chi connectivity index (χ3v) is 3.73. The van der Waals surface area contributed by atoms with Crippen LogP contribution in [-0.4, -0.2) is 29.3 Å². The molecule has 0 unspecified atom stereocenters. The maximum atomic E-state index is 13.1. The molecule has 0 atom stereocenters. The lowest BCUT2D eigenvalue weighted by Gasteiger charge is -2.07. The Kier molecular flexibility index (Phi) is 3.36.